The van der Waals surface area contributed by atoms with Gasteiger partial charge in [-0.25, -0.2) is 8.42 Å². The van der Waals surface area contributed by atoms with Crippen molar-refractivity contribution in [2.45, 2.75) is 16.9 Å². The summed E-state index contributed by atoms with van der Waals surface area (Å²) in [7, 11) is -3.84. The van der Waals surface area contributed by atoms with E-state index in [0.29, 0.717) is 18.0 Å². The number of ether oxygens (including phenoxy) is 1. The Kier molecular flexibility index (Phi) is 5.67. The molecule has 8 heteroatoms. The number of sulfone groups is 1. The minimum absolute atomic E-state index is 0.0820. The van der Waals surface area contributed by atoms with E-state index in [-0.39, 0.29) is 15.7 Å². The van der Waals surface area contributed by atoms with Crippen molar-refractivity contribution in [3.05, 3.63) is 70.9 Å². The second-order valence-electron chi connectivity index (χ2n) is 5.49. The summed E-state index contributed by atoms with van der Waals surface area (Å²) in [6.45, 7) is 2.43. The number of benzene rings is 2. The van der Waals surface area contributed by atoms with Gasteiger partial charge in [0.25, 0.3) is 5.91 Å². The van der Waals surface area contributed by atoms with Gasteiger partial charge in [0, 0.05) is 10.2 Å². The summed E-state index contributed by atoms with van der Waals surface area (Å²) in [6.07, 6.45) is 0. The van der Waals surface area contributed by atoms with E-state index in [1.165, 1.54) is 24.3 Å². The minimum atomic E-state index is -3.84. The topological polar surface area (TPSA) is 85.6 Å². The van der Waals surface area contributed by atoms with E-state index in [4.69, 9.17) is 9.15 Å². The second kappa shape index (κ2) is 7.98. The fraction of sp³-hybridized carbons (Fsp3) is 0.105. The van der Waals surface area contributed by atoms with Gasteiger partial charge in [-0.05, 0) is 67.6 Å². The molecule has 0 unspecified atom stereocenters. The fourth-order valence-electron chi connectivity index (χ4n) is 2.31. The fourth-order valence-corrected chi connectivity index (χ4v) is 3.75. The maximum absolute atomic E-state index is 12.6. The monoisotopic (exact) mass is 449 g/mol. The van der Waals surface area contributed by atoms with E-state index in [9.17, 15) is 13.2 Å². The number of hydrogen-bond donors (Lipinski definition) is 1. The number of rotatable bonds is 6. The SMILES string of the molecule is CCOc1ccc(NC(=O)c2ccc(S(=O)(=O)c3ccc(Br)cc3)o2)cc1. The molecule has 0 saturated heterocycles. The van der Waals surface area contributed by atoms with Gasteiger partial charge in [0.2, 0.25) is 14.9 Å². The van der Waals surface area contributed by atoms with Crippen molar-refractivity contribution >= 4 is 37.4 Å². The number of halogens is 1. The molecule has 0 bridgehead atoms. The zero-order valence-corrected chi connectivity index (χ0v) is 16.7. The Morgan fingerprint density at radius 2 is 1.70 bits per heavy atom. The molecule has 0 aliphatic rings. The average Bonchev–Trinajstić information content (AvgIpc) is 3.15. The summed E-state index contributed by atoms with van der Waals surface area (Å²) in [4.78, 5) is 12.4. The van der Waals surface area contributed by atoms with Crippen molar-refractivity contribution in [2.24, 2.45) is 0 Å². The van der Waals surface area contributed by atoms with Crippen LogP contribution in [0, 0.1) is 0 Å². The van der Waals surface area contributed by atoms with Gasteiger partial charge in [0.15, 0.2) is 5.76 Å². The highest BCUT2D eigenvalue weighted by atomic mass is 79.9. The number of anilines is 1. The van der Waals surface area contributed by atoms with Crippen molar-refractivity contribution in [3.8, 4) is 5.75 Å². The summed E-state index contributed by atoms with van der Waals surface area (Å²) in [6, 6.07) is 15.6. The number of hydrogen-bond acceptors (Lipinski definition) is 5. The van der Waals surface area contributed by atoms with E-state index < -0.39 is 15.7 Å². The molecular formula is C19H16BrNO5S. The number of amides is 1. The van der Waals surface area contributed by atoms with Gasteiger partial charge in [0.05, 0.1) is 11.5 Å². The summed E-state index contributed by atoms with van der Waals surface area (Å²) >= 11 is 3.26. The first-order chi connectivity index (χ1) is 12.9. The van der Waals surface area contributed by atoms with Crippen LogP contribution in [-0.4, -0.2) is 20.9 Å². The van der Waals surface area contributed by atoms with E-state index in [1.807, 2.05) is 6.92 Å². The molecule has 0 aliphatic carbocycles. The van der Waals surface area contributed by atoms with Crippen LogP contribution in [-0.2, 0) is 9.84 Å². The third-order valence-corrected chi connectivity index (χ3v) is 5.79. The van der Waals surface area contributed by atoms with Crippen LogP contribution in [0.3, 0.4) is 0 Å². The van der Waals surface area contributed by atoms with E-state index in [0.717, 1.165) is 4.47 Å². The Balaban J connectivity index is 1.76. The molecule has 0 spiro atoms. The maximum atomic E-state index is 12.6. The Morgan fingerprint density at radius 3 is 2.33 bits per heavy atom. The van der Waals surface area contributed by atoms with Crippen molar-refractivity contribution in [2.75, 3.05) is 11.9 Å². The van der Waals surface area contributed by atoms with Crippen molar-refractivity contribution in [1.29, 1.82) is 0 Å². The van der Waals surface area contributed by atoms with Crippen LogP contribution in [0.1, 0.15) is 17.5 Å². The lowest BCUT2D eigenvalue weighted by Gasteiger charge is -2.06. The molecule has 0 radical (unpaired) electrons. The molecule has 0 aliphatic heterocycles. The molecule has 27 heavy (non-hydrogen) atoms. The molecular weight excluding hydrogens is 434 g/mol. The van der Waals surface area contributed by atoms with Gasteiger partial charge in [-0.1, -0.05) is 15.9 Å². The van der Waals surface area contributed by atoms with Gasteiger partial charge >= 0.3 is 0 Å². The number of nitrogens with one attached hydrogen (secondary N) is 1. The maximum Gasteiger partial charge on any atom is 0.291 e. The van der Waals surface area contributed by atoms with Crippen molar-refractivity contribution in [1.82, 2.24) is 0 Å². The first-order valence-corrected chi connectivity index (χ1v) is 10.3. The van der Waals surface area contributed by atoms with Crippen LogP contribution in [0.2, 0.25) is 0 Å². The first kappa shape index (κ1) is 19.2. The van der Waals surface area contributed by atoms with Crippen LogP contribution in [0.5, 0.6) is 5.75 Å². The highest BCUT2D eigenvalue weighted by molar-refractivity contribution is 9.10. The molecule has 6 nitrogen and oxygen atoms in total. The van der Waals surface area contributed by atoms with E-state index in [1.54, 1.807) is 36.4 Å². The zero-order chi connectivity index (χ0) is 19.4. The normalized spacial score (nSPS) is 11.2. The Bertz CT molecular complexity index is 1040. The molecule has 0 saturated carbocycles. The number of carbonyl (C=O) groups is 1. The Hall–Kier alpha value is -2.58. The summed E-state index contributed by atoms with van der Waals surface area (Å²) in [5.41, 5.74) is 0.539. The lowest BCUT2D eigenvalue weighted by molar-refractivity contribution is 0.0991. The quantitative estimate of drug-likeness (QED) is 0.597. The lowest BCUT2D eigenvalue weighted by atomic mass is 10.3. The van der Waals surface area contributed by atoms with Gasteiger partial charge in [-0.15, -0.1) is 0 Å². The molecule has 1 heterocycles. The largest absolute Gasteiger partial charge is 0.494 e. The molecule has 3 rings (SSSR count). The second-order valence-corrected chi connectivity index (χ2v) is 8.28. The van der Waals surface area contributed by atoms with Gasteiger partial charge in [-0.3, -0.25) is 4.79 Å². The minimum Gasteiger partial charge on any atom is -0.494 e. The standard InChI is InChI=1S/C19H16BrNO5S/c1-2-25-15-7-5-14(6-8-15)21-19(22)17-11-12-18(26-17)27(23,24)16-9-3-13(20)4-10-16/h3-12H,2H2,1H3,(H,21,22). The molecule has 0 atom stereocenters. The Labute approximate surface area is 165 Å². The molecule has 3 aromatic rings. The van der Waals surface area contributed by atoms with Crippen LogP contribution < -0.4 is 10.1 Å². The van der Waals surface area contributed by atoms with E-state index in [2.05, 4.69) is 21.2 Å². The summed E-state index contributed by atoms with van der Waals surface area (Å²) < 4.78 is 36.6. The Morgan fingerprint density at radius 1 is 1.04 bits per heavy atom. The van der Waals surface area contributed by atoms with Crippen LogP contribution in [0.25, 0.3) is 0 Å². The van der Waals surface area contributed by atoms with Crippen molar-refractivity contribution < 1.29 is 22.4 Å². The average molecular weight is 450 g/mol. The van der Waals surface area contributed by atoms with E-state index >= 15 is 0 Å². The third kappa shape index (κ3) is 4.40. The lowest BCUT2D eigenvalue weighted by Crippen LogP contribution is -2.11. The zero-order valence-electron chi connectivity index (χ0n) is 14.3. The smallest absolute Gasteiger partial charge is 0.291 e. The summed E-state index contributed by atoms with van der Waals surface area (Å²) in [5.74, 6) is 0.0485. The van der Waals surface area contributed by atoms with Crippen LogP contribution >= 0.6 is 15.9 Å². The predicted octanol–water partition coefficient (Wildman–Crippen LogP) is 4.53. The first-order valence-electron chi connectivity index (χ1n) is 8.05. The number of furan rings is 1. The number of carbonyl (C=O) groups excluding carboxylic acids is 1. The highest BCUT2D eigenvalue weighted by Crippen LogP contribution is 2.25. The molecule has 140 valence electrons. The molecule has 1 aromatic heterocycles. The third-order valence-electron chi connectivity index (χ3n) is 3.62. The molecule has 1 N–H and O–H groups in total. The van der Waals surface area contributed by atoms with Gasteiger partial charge < -0.3 is 14.5 Å². The molecule has 1 amide bonds. The van der Waals surface area contributed by atoms with Gasteiger partial charge in [0.1, 0.15) is 5.75 Å². The van der Waals surface area contributed by atoms with Crippen molar-refractivity contribution in [3.63, 3.8) is 0 Å². The van der Waals surface area contributed by atoms with Gasteiger partial charge in [-0.2, -0.15) is 0 Å². The highest BCUT2D eigenvalue weighted by Gasteiger charge is 2.23. The van der Waals surface area contributed by atoms with Crippen LogP contribution in [0.4, 0.5) is 5.69 Å². The predicted molar refractivity (Wildman–Crippen MR) is 104 cm³/mol. The molecule has 2 aromatic carbocycles. The molecule has 0 fully saturated rings. The summed E-state index contributed by atoms with van der Waals surface area (Å²) in [5, 5.41) is 2.36. The van der Waals surface area contributed by atoms with Crippen LogP contribution in [0.15, 0.2) is 79.5 Å².